The largest absolute Gasteiger partial charge is 0.435 e. The van der Waals surface area contributed by atoms with Crippen molar-refractivity contribution < 1.29 is 18.1 Å². The van der Waals surface area contributed by atoms with Gasteiger partial charge in [-0.2, -0.15) is 0 Å². The second-order valence-electron chi connectivity index (χ2n) is 11.5. The first kappa shape index (κ1) is 31.6. The van der Waals surface area contributed by atoms with Crippen LogP contribution in [0.25, 0.3) is 32.7 Å². The summed E-state index contributed by atoms with van der Waals surface area (Å²) in [7, 11) is -3.37. The minimum Gasteiger partial charge on any atom is -0.435 e. The fourth-order valence-corrected chi connectivity index (χ4v) is 8.84. The third kappa shape index (κ3) is 6.91. The fourth-order valence-electron chi connectivity index (χ4n) is 5.89. The standard InChI is InChI=1S/C44H32O4P2/c1-5-19-35(20-6-1)45-49(46-36-21-7-2-8-22-36)41-31-29-33-17-13-15-27-39(33)43(41)44-40-28-16-14-18-34(40)30-32-42(44)50(47-37-23-9-3-10-24-37)48-38-25-11-4-12-26-38/h1-32H. The SMILES string of the molecule is c1ccc(OP(Oc2ccccc2)c2ccc3ccccc3c2-c2c(P(Oc3ccccc3)Oc3ccccc3)ccc3ccccc23)cc1. The van der Waals surface area contributed by atoms with Crippen LogP contribution in [0.1, 0.15) is 0 Å². The summed E-state index contributed by atoms with van der Waals surface area (Å²) in [6.45, 7) is 0. The molecule has 0 radical (unpaired) electrons. The molecule has 8 aromatic carbocycles. The summed E-state index contributed by atoms with van der Waals surface area (Å²) in [6.07, 6.45) is 0. The zero-order chi connectivity index (χ0) is 33.5. The van der Waals surface area contributed by atoms with Crippen LogP contribution in [0.2, 0.25) is 0 Å². The van der Waals surface area contributed by atoms with Gasteiger partial charge in [-0.15, -0.1) is 0 Å². The molecule has 50 heavy (non-hydrogen) atoms. The van der Waals surface area contributed by atoms with Gasteiger partial charge in [0.25, 0.3) is 0 Å². The van der Waals surface area contributed by atoms with Gasteiger partial charge in [0.2, 0.25) is 0 Å². The molecule has 8 rings (SSSR count). The van der Waals surface area contributed by atoms with E-state index in [4.69, 9.17) is 18.1 Å². The van der Waals surface area contributed by atoms with Crippen molar-refractivity contribution in [2.24, 2.45) is 0 Å². The maximum absolute atomic E-state index is 6.80. The third-order valence-electron chi connectivity index (χ3n) is 8.18. The normalized spacial score (nSPS) is 11.2. The summed E-state index contributed by atoms with van der Waals surface area (Å²) in [5.41, 5.74) is 2.04. The lowest BCUT2D eigenvalue weighted by atomic mass is 9.94. The Labute approximate surface area is 294 Å². The van der Waals surface area contributed by atoms with E-state index < -0.39 is 16.8 Å². The van der Waals surface area contributed by atoms with Crippen molar-refractivity contribution in [3.8, 4) is 34.1 Å². The maximum atomic E-state index is 6.80. The molecule has 0 aliphatic heterocycles. The molecule has 0 saturated carbocycles. The zero-order valence-corrected chi connectivity index (χ0v) is 28.8. The molecule has 4 nitrogen and oxygen atoms in total. The molecule has 0 atom stereocenters. The van der Waals surface area contributed by atoms with Crippen molar-refractivity contribution in [2.75, 3.05) is 0 Å². The molecule has 0 fully saturated rings. The Bertz CT molecular complexity index is 2090. The first-order valence-electron chi connectivity index (χ1n) is 16.4. The van der Waals surface area contributed by atoms with Crippen molar-refractivity contribution in [3.63, 3.8) is 0 Å². The first-order chi connectivity index (χ1) is 24.8. The minimum absolute atomic E-state index is 0.730. The summed E-state index contributed by atoms with van der Waals surface area (Å²) < 4.78 is 27.2. The molecule has 0 N–H and O–H groups in total. The highest BCUT2D eigenvalue weighted by Crippen LogP contribution is 2.49. The molecule has 242 valence electrons. The second-order valence-corrected chi connectivity index (χ2v) is 14.2. The zero-order valence-electron chi connectivity index (χ0n) is 27.0. The number of hydrogen-bond donors (Lipinski definition) is 0. The van der Waals surface area contributed by atoms with Crippen LogP contribution in [0.4, 0.5) is 0 Å². The lowest BCUT2D eigenvalue weighted by molar-refractivity contribution is 0.501. The molecule has 0 unspecified atom stereocenters. The Kier molecular flexibility index (Phi) is 9.38. The molecule has 0 aliphatic carbocycles. The van der Waals surface area contributed by atoms with Crippen LogP contribution in [0.3, 0.4) is 0 Å². The average molecular weight is 687 g/mol. The van der Waals surface area contributed by atoms with E-state index in [2.05, 4.69) is 72.8 Å². The molecule has 8 aromatic rings. The van der Waals surface area contributed by atoms with Gasteiger partial charge in [0.05, 0.1) is 10.6 Å². The lowest BCUT2D eigenvalue weighted by Crippen LogP contribution is -2.19. The molecule has 0 spiro atoms. The average Bonchev–Trinajstić information content (AvgIpc) is 3.18. The number of para-hydroxylation sites is 4. The van der Waals surface area contributed by atoms with Crippen molar-refractivity contribution in [1.29, 1.82) is 0 Å². The van der Waals surface area contributed by atoms with Crippen LogP contribution in [0.5, 0.6) is 23.0 Å². The van der Waals surface area contributed by atoms with Crippen molar-refractivity contribution in [1.82, 2.24) is 0 Å². The highest BCUT2D eigenvalue weighted by molar-refractivity contribution is 7.58. The monoisotopic (exact) mass is 686 g/mol. The van der Waals surface area contributed by atoms with E-state index in [1.807, 2.05) is 121 Å². The molecule has 6 heteroatoms. The van der Waals surface area contributed by atoms with Crippen LogP contribution in [0, 0.1) is 0 Å². The van der Waals surface area contributed by atoms with Gasteiger partial charge < -0.3 is 18.1 Å². The smallest absolute Gasteiger partial charge is 0.326 e. The Morgan fingerprint density at radius 1 is 0.260 bits per heavy atom. The quantitative estimate of drug-likeness (QED) is 0.127. The maximum Gasteiger partial charge on any atom is 0.326 e. The van der Waals surface area contributed by atoms with Gasteiger partial charge in [-0.25, -0.2) is 0 Å². The summed E-state index contributed by atoms with van der Waals surface area (Å²) >= 11 is 0. The van der Waals surface area contributed by atoms with Gasteiger partial charge in [-0.1, -0.05) is 133 Å². The Morgan fingerprint density at radius 2 is 0.540 bits per heavy atom. The molecule has 0 heterocycles. The van der Waals surface area contributed by atoms with Crippen molar-refractivity contribution >= 4 is 48.9 Å². The molecule has 0 saturated heterocycles. The Hall–Kier alpha value is -5.66. The van der Waals surface area contributed by atoms with Crippen LogP contribution in [-0.4, -0.2) is 0 Å². The molecule has 0 bridgehead atoms. The molecular weight excluding hydrogens is 654 g/mol. The highest BCUT2D eigenvalue weighted by atomic mass is 31.2. The molecule has 0 aliphatic rings. The van der Waals surface area contributed by atoms with Crippen LogP contribution in [-0.2, 0) is 0 Å². The second kappa shape index (κ2) is 14.8. The van der Waals surface area contributed by atoms with Crippen molar-refractivity contribution in [3.05, 3.63) is 194 Å². The van der Waals surface area contributed by atoms with E-state index in [1.54, 1.807) is 0 Å². The van der Waals surface area contributed by atoms with Gasteiger partial charge in [-0.05, 0) is 82.2 Å². The third-order valence-corrected chi connectivity index (χ3v) is 11.2. The number of benzene rings is 8. The predicted octanol–water partition coefficient (Wildman–Crippen LogP) is 11.9. The summed E-state index contributed by atoms with van der Waals surface area (Å²) in [4.78, 5) is 0. The van der Waals surface area contributed by atoms with Gasteiger partial charge in [0.1, 0.15) is 23.0 Å². The molecule has 0 amide bonds. The topological polar surface area (TPSA) is 36.9 Å². The van der Waals surface area contributed by atoms with E-state index in [1.165, 1.54) is 0 Å². The Balaban J connectivity index is 1.40. The van der Waals surface area contributed by atoms with E-state index in [-0.39, 0.29) is 0 Å². The van der Waals surface area contributed by atoms with Gasteiger partial charge in [0, 0.05) is 11.1 Å². The van der Waals surface area contributed by atoms with Gasteiger partial charge >= 0.3 is 16.8 Å². The number of rotatable bonds is 11. The highest BCUT2D eigenvalue weighted by Gasteiger charge is 2.31. The predicted molar refractivity (Wildman–Crippen MR) is 208 cm³/mol. The van der Waals surface area contributed by atoms with Crippen LogP contribution >= 0.6 is 16.8 Å². The van der Waals surface area contributed by atoms with E-state index in [0.717, 1.165) is 66.3 Å². The summed E-state index contributed by atoms with van der Waals surface area (Å²) in [5.74, 6) is 2.92. The van der Waals surface area contributed by atoms with E-state index >= 15 is 0 Å². The Morgan fingerprint density at radius 3 is 0.860 bits per heavy atom. The lowest BCUT2D eigenvalue weighted by Gasteiger charge is -2.26. The number of fused-ring (bicyclic) bond motifs is 2. The van der Waals surface area contributed by atoms with Crippen molar-refractivity contribution in [2.45, 2.75) is 0 Å². The van der Waals surface area contributed by atoms with Crippen LogP contribution < -0.4 is 28.7 Å². The molecular formula is C44H32O4P2. The fraction of sp³-hybridized carbons (Fsp3) is 0. The molecule has 0 aromatic heterocycles. The van der Waals surface area contributed by atoms with Gasteiger partial charge in [-0.3, -0.25) is 0 Å². The summed E-state index contributed by atoms with van der Waals surface area (Å²) in [5, 5.41) is 6.26. The van der Waals surface area contributed by atoms with Crippen LogP contribution in [0.15, 0.2) is 194 Å². The van der Waals surface area contributed by atoms with E-state index in [9.17, 15) is 0 Å². The first-order valence-corrected chi connectivity index (χ1v) is 18.7. The number of hydrogen-bond acceptors (Lipinski definition) is 4. The minimum atomic E-state index is -1.68. The van der Waals surface area contributed by atoms with Gasteiger partial charge in [0.15, 0.2) is 0 Å². The van der Waals surface area contributed by atoms with E-state index in [0.29, 0.717) is 0 Å². The summed E-state index contributed by atoms with van der Waals surface area (Å²) in [6, 6.07) is 65.1.